The lowest BCUT2D eigenvalue weighted by molar-refractivity contribution is -0.130. The summed E-state index contributed by atoms with van der Waals surface area (Å²) in [6, 6.07) is 4.06. The zero-order valence-corrected chi connectivity index (χ0v) is 14.5. The fourth-order valence-corrected chi connectivity index (χ4v) is 4.65. The third-order valence-electron chi connectivity index (χ3n) is 4.33. The van der Waals surface area contributed by atoms with Crippen molar-refractivity contribution >= 4 is 45.6 Å². The lowest BCUT2D eigenvalue weighted by Gasteiger charge is -2.20. The summed E-state index contributed by atoms with van der Waals surface area (Å²) in [4.78, 5) is 15.6. The first-order valence-electron chi connectivity index (χ1n) is 6.95. The molecule has 0 unspecified atom stereocenters. The van der Waals surface area contributed by atoms with Crippen molar-refractivity contribution in [1.82, 2.24) is 10.2 Å². The normalized spacial score (nSPS) is 25.8. The molecule has 0 bridgehead atoms. The van der Waals surface area contributed by atoms with Crippen molar-refractivity contribution in [2.75, 3.05) is 26.2 Å². The van der Waals surface area contributed by atoms with Gasteiger partial charge in [0, 0.05) is 18.0 Å². The van der Waals surface area contributed by atoms with Crippen molar-refractivity contribution in [2.45, 2.75) is 19.3 Å². The van der Waals surface area contributed by atoms with Crippen LogP contribution in [-0.2, 0) is 11.2 Å². The minimum atomic E-state index is 0. The minimum absolute atomic E-state index is 0. The highest BCUT2D eigenvalue weighted by Gasteiger charge is 2.31. The molecular weight excluding hydrogens is 360 g/mol. The Morgan fingerprint density at radius 1 is 1.30 bits per heavy atom. The van der Waals surface area contributed by atoms with Gasteiger partial charge in [0.1, 0.15) is 0 Å². The van der Waals surface area contributed by atoms with Crippen molar-refractivity contribution < 1.29 is 4.79 Å². The predicted octanol–water partition coefficient (Wildman–Crippen LogP) is 2.93. The molecule has 3 heterocycles. The predicted molar refractivity (Wildman–Crippen MR) is 88.6 cm³/mol. The van der Waals surface area contributed by atoms with Crippen LogP contribution in [0.1, 0.15) is 17.7 Å². The molecule has 0 aliphatic carbocycles. The highest BCUT2D eigenvalue weighted by atomic mass is 79.9. The summed E-state index contributed by atoms with van der Waals surface area (Å²) in [5, 5.41) is 3.47. The number of carbonyl (C=O) groups is 1. The Morgan fingerprint density at radius 2 is 1.95 bits per heavy atom. The third-order valence-corrected chi connectivity index (χ3v) is 5.95. The quantitative estimate of drug-likeness (QED) is 0.857. The number of hydrogen-bond acceptors (Lipinski definition) is 3. The second kappa shape index (κ2) is 7.25. The first-order chi connectivity index (χ1) is 9.22. The minimum Gasteiger partial charge on any atom is -0.342 e. The zero-order valence-electron chi connectivity index (χ0n) is 11.3. The maximum atomic E-state index is 12.4. The number of nitrogens with one attached hydrogen (secondary N) is 1. The van der Waals surface area contributed by atoms with Crippen LogP contribution in [0.25, 0.3) is 0 Å². The van der Waals surface area contributed by atoms with E-state index in [1.54, 1.807) is 11.3 Å². The topological polar surface area (TPSA) is 32.3 Å². The van der Waals surface area contributed by atoms with E-state index < -0.39 is 0 Å². The summed E-state index contributed by atoms with van der Waals surface area (Å²) in [6.07, 6.45) is 2.89. The number of rotatable bonds is 2. The monoisotopic (exact) mass is 378 g/mol. The molecule has 1 N–H and O–H groups in total. The van der Waals surface area contributed by atoms with E-state index in [1.165, 1.54) is 0 Å². The van der Waals surface area contributed by atoms with Gasteiger partial charge in [-0.15, -0.1) is 23.7 Å². The van der Waals surface area contributed by atoms with Gasteiger partial charge in [0.15, 0.2) is 0 Å². The van der Waals surface area contributed by atoms with E-state index in [1.807, 2.05) is 12.1 Å². The van der Waals surface area contributed by atoms with Crippen molar-refractivity contribution in [1.29, 1.82) is 0 Å². The Hall–Kier alpha value is -0.100. The summed E-state index contributed by atoms with van der Waals surface area (Å²) in [6.45, 7) is 4.16. The number of likely N-dealkylation sites (tertiary alicyclic amines) is 1. The van der Waals surface area contributed by atoms with Gasteiger partial charge in [-0.2, -0.15) is 0 Å². The van der Waals surface area contributed by atoms with Crippen LogP contribution in [0.4, 0.5) is 0 Å². The maximum Gasteiger partial charge on any atom is 0.227 e. The van der Waals surface area contributed by atoms with Crippen LogP contribution in [0.2, 0.25) is 0 Å². The molecule has 3 rings (SSSR count). The summed E-state index contributed by atoms with van der Waals surface area (Å²) < 4.78 is 1.10. The van der Waals surface area contributed by atoms with E-state index in [2.05, 4.69) is 26.1 Å². The summed E-state index contributed by atoms with van der Waals surface area (Å²) in [5.74, 6) is 1.87. The van der Waals surface area contributed by atoms with E-state index in [4.69, 9.17) is 0 Å². The molecule has 1 aromatic rings. The molecule has 1 aromatic heterocycles. The van der Waals surface area contributed by atoms with Gasteiger partial charge in [-0.3, -0.25) is 4.79 Å². The molecule has 2 atom stereocenters. The molecule has 2 fully saturated rings. The second-order valence-corrected chi connectivity index (χ2v) is 8.07. The van der Waals surface area contributed by atoms with E-state index >= 15 is 0 Å². The van der Waals surface area contributed by atoms with Gasteiger partial charge in [-0.1, -0.05) is 0 Å². The number of nitrogens with zero attached hydrogens (tertiary/aromatic N) is 1. The van der Waals surface area contributed by atoms with Crippen LogP contribution in [0.15, 0.2) is 15.9 Å². The summed E-state index contributed by atoms with van der Waals surface area (Å²) in [7, 11) is 0. The van der Waals surface area contributed by atoms with Crippen molar-refractivity contribution in [3.63, 3.8) is 0 Å². The fraction of sp³-hybridized carbons (Fsp3) is 0.643. The van der Waals surface area contributed by atoms with Gasteiger partial charge in [-0.25, -0.2) is 0 Å². The van der Waals surface area contributed by atoms with Gasteiger partial charge in [-0.05, 0) is 65.8 Å². The number of carbonyl (C=O) groups excluding carboxylic acids is 1. The molecule has 20 heavy (non-hydrogen) atoms. The standard InChI is InChI=1S/C14H19BrN2OS.ClH/c15-13-2-1-12(19-13)7-14(18)17-5-3-10-8-16-9-11(10)4-6-17;/h1-2,10-11,16H,3-9H2;1H/t10-,11+;. The Morgan fingerprint density at radius 3 is 2.50 bits per heavy atom. The van der Waals surface area contributed by atoms with Crippen LogP contribution >= 0.6 is 39.7 Å². The number of halogens is 2. The molecule has 2 aliphatic heterocycles. The lowest BCUT2D eigenvalue weighted by Crippen LogP contribution is -2.33. The molecule has 2 aliphatic rings. The first kappa shape index (κ1) is 16.3. The zero-order chi connectivity index (χ0) is 13.2. The number of thiophene rings is 1. The van der Waals surface area contributed by atoms with Crippen molar-refractivity contribution in [3.8, 4) is 0 Å². The Kier molecular flexibility index (Phi) is 5.90. The molecular formula is C14H20BrClN2OS. The smallest absolute Gasteiger partial charge is 0.227 e. The van der Waals surface area contributed by atoms with Crippen LogP contribution in [-0.4, -0.2) is 37.0 Å². The van der Waals surface area contributed by atoms with E-state index in [-0.39, 0.29) is 12.4 Å². The van der Waals surface area contributed by atoms with Crippen molar-refractivity contribution in [2.24, 2.45) is 11.8 Å². The number of fused-ring (bicyclic) bond motifs is 1. The van der Waals surface area contributed by atoms with Crippen LogP contribution < -0.4 is 5.32 Å². The highest BCUT2D eigenvalue weighted by molar-refractivity contribution is 9.11. The van der Waals surface area contributed by atoms with E-state index in [9.17, 15) is 4.79 Å². The van der Waals surface area contributed by atoms with Gasteiger partial charge in [0.25, 0.3) is 0 Å². The summed E-state index contributed by atoms with van der Waals surface area (Å²) in [5.41, 5.74) is 0. The fourth-order valence-electron chi connectivity index (χ4n) is 3.18. The second-order valence-electron chi connectivity index (χ2n) is 5.52. The molecule has 6 heteroatoms. The molecule has 0 spiro atoms. The largest absolute Gasteiger partial charge is 0.342 e. The highest BCUT2D eigenvalue weighted by Crippen LogP contribution is 2.28. The Balaban J connectivity index is 0.00000147. The Labute approximate surface area is 138 Å². The SMILES string of the molecule is Cl.O=C(Cc1ccc(Br)s1)N1CC[C@@H]2CNC[C@@H]2CC1. The van der Waals surface area contributed by atoms with Gasteiger partial charge < -0.3 is 10.2 Å². The van der Waals surface area contributed by atoms with Crippen molar-refractivity contribution in [3.05, 3.63) is 20.8 Å². The molecule has 0 radical (unpaired) electrons. The van der Waals surface area contributed by atoms with E-state index in [0.29, 0.717) is 12.3 Å². The van der Waals surface area contributed by atoms with Gasteiger partial charge in [0.2, 0.25) is 5.91 Å². The van der Waals surface area contributed by atoms with Gasteiger partial charge >= 0.3 is 0 Å². The lowest BCUT2D eigenvalue weighted by atomic mass is 9.92. The molecule has 2 saturated heterocycles. The van der Waals surface area contributed by atoms with Gasteiger partial charge in [0.05, 0.1) is 10.2 Å². The van der Waals surface area contributed by atoms with Crippen LogP contribution in [0.5, 0.6) is 0 Å². The molecule has 3 nitrogen and oxygen atoms in total. The first-order valence-corrected chi connectivity index (χ1v) is 8.56. The third kappa shape index (κ3) is 3.75. The maximum absolute atomic E-state index is 12.4. The average molecular weight is 380 g/mol. The summed E-state index contributed by atoms with van der Waals surface area (Å²) >= 11 is 5.11. The molecule has 1 amide bonds. The van der Waals surface area contributed by atoms with Crippen LogP contribution in [0.3, 0.4) is 0 Å². The average Bonchev–Trinajstić information content (AvgIpc) is 2.94. The molecule has 0 saturated carbocycles. The van der Waals surface area contributed by atoms with E-state index in [0.717, 1.165) is 59.5 Å². The van der Waals surface area contributed by atoms with Crippen LogP contribution in [0, 0.1) is 11.8 Å². The number of hydrogen-bond donors (Lipinski definition) is 1. The Bertz CT molecular complexity index is 454. The molecule has 0 aromatic carbocycles. The molecule has 112 valence electrons. The number of amides is 1.